The molecular formula is C15H15ClN2O. The van der Waals surface area contributed by atoms with Crippen LogP contribution in [-0.4, -0.2) is 15.4 Å². The van der Waals surface area contributed by atoms with Gasteiger partial charge >= 0.3 is 0 Å². The molecule has 4 heteroatoms. The van der Waals surface area contributed by atoms with Crippen molar-refractivity contribution in [2.24, 2.45) is 0 Å². The summed E-state index contributed by atoms with van der Waals surface area (Å²) in [6.07, 6.45) is 4.23. The van der Waals surface area contributed by atoms with E-state index in [9.17, 15) is 0 Å². The number of nitrogens with zero attached hydrogens (tertiary/aromatic N) is 2. The van der Waals surface area contributed by atoms with Gasteiger partial charge in [0.05, 0.1) is 30.1 Å². The average Bonchev–Trinajstić information content (AvgIpc) is 2.99. The topological polar surface area (TPSA) is 31.0 Å². The summed E-state index contributed by atoms with van der Waals surface area (Å²) in [5.74, 6) is 1.60. The van der Waals surface area contributed by atoms with E-state index in [4.69, 9.17) is 21.0 Å². The van der Waals surface area contributed by atoms with Gasteiger partial charge in [-0.15, -0.1) is 11.6 Å². The Kier molecular flexibility index (Phi) is 3.30. The van der Waals surface area contributed by atoms with Gasteiger partial charge in [-0.3, -0.25) is 0 Å². The van der Waals surface area contributed by atoms with Gasteiger partial charge < -0.3 is 8.98 Å². The highest BCUT2D eigenvalue weighted by Crippen LogP contribution is 2.20. The van der Waals surface area contributed by atoms with Crippen molar-refractivity contribution < 1.29 is 4.42 Å². The lowest BCUT2D eigenvalue weighted by Gasteiger charge is -2.06. The van der Waals surface area contributed by atoms with Gasteiger partial charge in [-0.25, -0.2) is 4.98 Å². The van der Waals surface area contributed by atoms with Crippen molar-refractivity contribution in [2.45, 2.75) is 19.9 Å². The normalized spacial score (nSPS) is 11.3. The minimum atomic E-state index is 0.577. The van der Waals surface area contributed by atoms with Gasteiger partial charge in [0.1, 0.15) is 5.82 Å². The quantitative estimate of drug-likeness (QED) is 0.678. The second kappa shape index (κ2) is 5.10. The van der Waals surface area contributed by atoms with Gasteiger partial charge in [-0.1, -0.05) is 6.07 Å². The molecule has 1 aromatic carbocycles. The van der Waals surface area contributed by atoms with Crippen LogP contribution in [0.15, 0.2) is 41.2 Å². The van der Waals surface area contributed by atoms with E-state index in [0.29, 0.717) is 5.88 Å². The van der Waals surface area contributed by atoms with E-state index < -0.39 is 0 Å². The predicted molar refractivity (Wildman–Crippen MR) is 76.7 cm³/mol. The molecule has 0 bridgehead atoms. The van der Waals surface area contributed by atoms with Gasteiger partial charge in [0, 0.05) is 17.9 Å². The van der Waals surface area contributed by atoms with Crippen LogP contribution in [0.2, 0.25) is 0 Å². The van der Waals surface area contributed by atoms with Crippen LogP contribution in [0.4, 0.5) is 0 Å². The molecule has 3 aromatic rings. The van der Waals surface area contributed by atoms with E-state index in [1.807, 2.05) is 6.07 Å². The minimum absolute atomic E-state index is 0.577. The molecule has 0 aliphatic carbocycles. The summed E-state index contributed by atoms with van der Waals surface area (Å²) in [7, 11) is 0. The zero-order chi connectivity index (χ0) is 13.2. The van der Waals surface area contributed by atoms with E-state index in [0.717, 1.165) is 35.4 Å². The highest BCUT2D eigenvalue weighted by atomic mass is 35.5. The smallest absolute Gasteiger partial charge is 0.111 e. The summed E-state index contributed by atoms with van der Waals surface area (Å²) in [5, 5.41) is 0. The van der Waals surface area contributed by atoms with Crippen LogP contribution in [0.3, 0.4) is 0 Å². The van der Waals surface area contributed by atoms with E-state index in [1.54, 1.807) is 12.5 Å². The monoisotopic (exact) mass is 274 g/mol. The van der Waals surface area contributed by atoms with Crippen molar-refractivity contribution in [1.82, 2.24) is 9.55 Å². The number of fused-ring (bicyclic) bond motifs is 1. The Bertz CT molecular complexity index is 686. The Balaban J connectivity index is 2.10. The first kappa shape index (κ1) is 12.3. The summed E-state index contributed by atoms with van der Waals surface area (Å²) < 4.78 is 7.34. The van der Waals surface area contributed by atoms with Gasteiger partial charge in [0.2, 0.25) is 0 Å². The summed E-state index contributed by atoms with van der Waals surface area (Å²) in [6.45, 7) is 2.85. The molecule has 0 aliphatic heterocycles. The number of hydrogen-bond donors (Lipinski definition) is 0. The highest BCUT2D eigenvalue weighted by molar-refractivity contribution is 6.17. The van der Waals surface area contributed by atoms with Crippen LogP contribution >= 0.6 is 11.6 Å². The molecule has 98 valence electrons. The van der Waals surface area contributed by atoms with E-state index in [2.05, 4.69) is 29.7 Å². The molecule has 19 heavy (non-hydrogen) atoms. The molecule has 0 N–H and O–H groups in total. The Morgan fingerprint density at radius 2 is 2.21 bits per heavy atom. The van der Waals surface area contributed by atoms with E-state index in [1.165, 1.54) is 5.56 Å². The van der Waals surface area contributed by atoms with Gasteiger partial charge in [-0.05, 0) is 30.7 Å². The van der Waals surface area contributed by atoms with Crippen molar-refractivity contribution in [2.75, 3.05) is 5.88 Å². The molecule has 0 amide bonds. The van der Waals surface area contributed by atoms with Gasteiger partial charge in [-0.2, -0.15) is 0 Å². The Morgan fingerprint density at radius 1 is 1.32 bits per heavy atom. The second-order valence-corrected chi connectivity index (χ2v) is 5.05. The molecule has 0 radical (unpaired) electrons. The van der Waals surface area contributed by atoms with Crippen LogP contribution in [0, 0.1) is 6.92 Å². The highest BCUT2D eigenvalue weighted by Gasteiger charge is 2.11. The van der Waals surface area contributed by atoms with Crippen molar-refractivity contribution in [3.8, 4) is 0 Å². The molecule has 0 atom stereocenters. The third kappa shape index (κ3) is 2.38. The predicted octanol–water partition coefficient (Wildman–Crippen LogP) is 3.77. The summed E-state index contributed by atoms with van der Waals surface area (Å²) in [6, 6.07) is 8.32. The number of alkyl halides is 1. The zero-order valence-electron chi connectivity index (χ0n) is 10.8. The first-order chi connectivity index (χ1) is 9.28. The summed E-state index contributed by atoms with van der Waals surface area (Å²) in [4.78, 5) is 4.69. The third-order valence-corrected chi connectivity index (χ3v) is 3.41. The fourth-order valence-electron chi connectivity index (χ4n) is 2.31. The molecule has 3 nitrogen and oxygen atoms in total. The lowest BCUT2D eigenvalue weighted by Crippen LogP contribution is -2.05. The number of halogens is 1. The standard InChI is InChI=1S/C15H15ClN2O/c1-11-2-3-14-13(8-11)17-15(4-6-16)18(14)9-12-5-7-19-10-12/h2-3,5,7-8,10H,4,6,9H2,1H3. The largest absolute Gasteiger partial charge is 0.472 e. The maximum absolute atomic E-state index is 5.88. The van der Waals surface area contributed by atoms with Crippen LogP contribution in [0.5, 0.6) is 0 Å². The third-order valence-electron chi connectivity index (χ3n) is 3.22. The van der Waals surface area contributed by atoms with Crippen molar-refractivity contribution in [3.63, 3.8) is 0 Å². The van der Waals surface area contributed by atoms with Crippen LogP contribution in [0.1, 0.15) is 17.0 Å². The van der Waals surface area contributed by atoms with Crippen molar-refractivity contribution >= 4 is 22.6 Å². The van der Waals surface area contributed by atoms with E-state index in [-0.39, 0.29) is 0 Å². The molecule has 2 heterocycles. The maximum Gasteiger partial charge on any atom is 0.111 e. The molecule has 0 fully saturated rings. The summed E-state index contributed by atoms with van der Waals surface area (Å²) >= 11 is 5.88. The number of benzene rings is 1. The first-order valence-corrected chi connectivity index (χ1v) is 6.84. The van der Waals surface area contributed by atoms with Crippen LogP contribution < -0.4 is 0 Å². The Labute approximate surface area is 116 Å². The average molecular weight is 275 g/mol. The van der Waals surface area contributed by atoms with Crippen LogP contribution in [-0.2, 0) is 13.0 Å². The SMILES string of the molecule is Cc1ccc2c(c1)nc(CCCl)n2Cc1ccoc1. The Hall–Kier alpha value is -1.74. The van der Waals surface area contributed by atoms with Crippen LogP contribution in [0.25, 0.3) is 11.0 Å². The number of rotatable bonds is 4. The molecule has 0 saturated carbocycles. The van der Waals surface area contributed by atoms with Crippen molar-refractivity contribution in [1.29, 1.82) is 0 Å². The number of aryl methyl sites for hydroxylation is 2. The number of aromatic nitrogens is 2. The minimum Gasteiger partial charge on any atom is -0.472 e. The van der Waals surface area contributed by atoms with Gasteiger partial charge in [0.25, 0.3) is 0 Å². The van der Waals surface area contributed by atoms with Gasteiger partial charge in [0.15, 0.2) is 0 Å². The molecule has 0 unspecified atom stereocenters. The summed E-state index contributed by atoms with van der Waals surface area (Å²) in [5.41, 5.74) is 4.53. The fourth-order valence-corrected chi connectivity index (χ4v) is 2.48. The number of hydrogen-bond acceptors (Lipinski definition) is 2. The molecule has 0 aliphatic rings. The second-order valence-electron chi connectivity index (χ2n) is 4.68. The molecule has 2 aromatic heterocycles. The number of furan rings is 1. The first-order valence-electron chi connectivity index (χ1n) is 6.31. The Morgan fingerprint density at radius 3 is 2.95 bits per heavy atom. The molecule has 3 rings (SSSR count). The molecule has 0 saturated heterocycles. The maximum atomic E-state index is 5.88. The van der Waals surface area contributed by atoms with Crippen molar-refractivity contribution in [3.05, 3.63) is 53.7 Å². The lowest BCUT2D eigenvalue weighted by atomic mass is 10.2. The number of imidazole rings is 1. The molecule has 0 spiro atoms. The fraction of sp³-hybridized carbons (Fsp3) is 0.267. The van der Waals surface area contributed by atoms with E-state index >= 15 is 0 Å². The lowest BCUT2D eigenvalue weighted by molar-refractivity contribution is 0.562. The zero-order valence-corrected chi connectivity index (χ0v) is 11.5. The molecular weight excluding hydrogens is 260 g/mol.